The molecule has 0 aliphatic carbocycles. The molecule has 0 aliphatic rings. The fraction of sp³-hybridized carbons (Fsp3) is 0.214. The standard InChI is InChI=1S/C14H15NO/c1-10-3-5-12(6-4-10)14(16)13-7-11(2)8-15-9-13/h3-9,14,16H,1-2H3. The van der Waals surface area contributed by atoms with Crippen molar-refractivity contribution in [3.63, 3.8) is 0 Å². The third kappa shape index (κ3) is 2.28. The number of aliphatic hydroxyl groups is 1. The molecule has 0 aliphatic heterocycles. The van der Waals surface area contributed by atoms with E-state index in [2.05, 4.69) is 4.98 Å². The zero-order valence-corrected chi connectivity index (χ0v) is 9.51. The van der Waals surface area contributed by atoms with Crippen LogP contribution in [0.25, 0.3) is 0 Å². The van der Waals surface area contributed by atoms with Gasteiger partial charge < -0.3 is 5.11 Å². The minimum Gasteiger partial charge on any atom is -0.384 e. The molecule has 0 saturated heterocycles. The van der Waals surface area contributed by atoms with Crippen LogP contribution in [0, 0.1) is 13.8 Å². The van der Waals surface area contributed by atoms with Gasteiger partial charge >= 0.3 is 0 Å². The highest BCUT2D eigenvalue weighted by Crippen LogP contribution is 2.21. The van der Waals surface area contributed by atoms with E-state index in [0.717, 1.165) is 16.7 Å². The molecule has 0 spiro atoms. The number of aliphatic hydroxyl groups excluding tert-OH is 1. The second kappa shape index (κ2) is 4.45. The fourth-order valence-electron chi connectivity index (χ4n) is 1.67. The Morgan fingerprint density at radius 2 is 1.62 bits per heavy atom. The van der Waals surface area contributed by atoms with Crippen LogP contribution >= 0.6 is 0 Å². The number of rotatable bonds is 2. The summed E-state index contributed by atoms with van der Waals surface area (Å²) in [4.78, 5) is 4.09. The van der Waals surface area contributed by atoms with Crippen molar-refractivity contribution in [1.29, 1.82) is 0 Å². The Bertz CT molecular complexity index is 476. The summed E-state index contributed by atoms with van der Waals surface area (Å²) in [6.45, 7) is 4.00. The summed E-state index contributed by atoms with van der Waals surface area (Å²) in [7, 11) is 0. The second-order valence-corrected chi connectivity index (χ2v) is 4.11. The lowest BCUT2D eigenvalue weighted by Gasteiger charge is -2.11. The Hall–Kier alpha value is -1.67. The van der Waals surface area contributed by atoms with Crippen molar-refractivity contribution in [3.05, 3.63) is 65.0 Å². The first-order chi connectivity index (χ1) is 7.66. The van der Waals surface area contributed by atoms with Crippen molar-refractivity contribution >= 4 is 0 Å². The Balaban J connectivity index is 2.31. The van der Waals surface area contributed by atoms with E-state index in [1.54, 1.807) is 12.4 Å². The van der Waals surface area contributed by atoms with Crippen LogP contribution < -0.4 is 0 Å². The van der Waals surface area contributed by atoms with Gasteiger partial charge in [0.05, 0.1) is 0 Å². The Labute approximate surface area is 95.6 Å². The zero-order chi connectivity index (χ0) is 11.5. The van der Waals surface area contributed by atoms with Crippen LogP contribution in [-0.4, -0.2) is 10.1 Å². The monoisotopic (exact) mass is 213 g/mol. The summed E-state index contributed by atoms with van der Waals surface area (Å²) in [5, 5.41) is 10.2. The third-order valence-corrected chi connectivity index (χ3v) is 2.60. The summed E-state index contributed by atoms with van der Waals surface area (Å²) in [6.07, 6.45) is 2.90. The highest BCUT2D eigenvalue weighted by Gasteiger charge is 2.10. The first kappa shape index (κ1) is 10.8. The van der Waals surface area contributed by atoms with Gasteiger partial charge in [0.1, 0.15) is 6.10 Å². The van der Waals surface area contributed by atoms with Gasteiger partial charge in [-0.1, -0.05) is 35.9 Å². The van der Waals surface area contributed by atoms with Crippen molar-refractivity contribution in [1.82, 2.24) is 4.98 Å². The molecule has 2 aromatic rings. The van der Waals surface area contributed by atoms with E-state index in [9.17, 15) is 5.11 Å². The molecule has 1 heterocycles. The molecular formula is C14H15NO. The maximum atomic E-state index is 10.2. The maximum absolute atomic E-state index is 10.2. The molecular weight excluding hydrogens is 198 g/mol. The highest BCUT2D eigenvalue weighted by atomic mass is 16.3. The van der Waals surface area contributed by atoms with Crippen LogP contribution in [-0.2, 0) is 0 Å². The molecule has 2 nitrogen and oxygen atoms in total. The van der Waals surface area contributed by atoms with Gasteiger partial charge in [-0.25, -0.2) is 0 Å². The molecule has 82 valence electrons. The van der Waals surface area contributed by atoms with Gasteiger partial charge in [-0.2, -0.15) is 0 Å². The number of nitrogens with zero attached hydrogens (tertiary/aromatic N) is 1. The lowest BCUT2D eigenvalue weighted by molar-refractivity contribution is 0.220. The second-order valence-electron chi connectivity index (χ2n) is 4.11. The van der Waals surface area contributed by atoms with Crippen LogP contribution in [0.2, 0.25) is 0 Å². The maximum Gasteiger partial charge on any atom is 0.106 e. The van der Waals surface area contributed by atoms with Gasteiger partial charge in [-0.15, -0.1) is 0 Å². The van der Waals surface area contributed by atoms with Crippen LogP contribution in [0.4, 0.5) is 0 Å². The molecule has 1 unspecified atom stereocenters. The largest absolute Gasteiger partial charge is 0.384 e. The minimum atomic E-state index is -0.590. The Morgan fingerprint density at radius 1 is 0.938 bits per heavy atom. The van der Waals surface area contributed by atoms with Crippen molar-refractivity contribution < 1.29 is 5.11 Å². The van der Waals surface area contributed by atoms with Crippen molar-refractivity contribution in [2.24, 2.45) is 0 Å². The number of hydrogen-bond acceptors (Lipinski definition) is 2. The lowest BCUT2D eigenvalue weighted by atomic mass is 10.0. The molecule has 1 aromatic heterocycles. The Kier molecular flexibility index (Phi) is 3.02. The van der Waals surface area contributed by atoms with E-state index < -0.39 is 6.10 Å². The summed E-state index contributed by atoms with van der Waals surface area (Å²) < 4.78 is 0. The van der Waals surface area contributed by atoms with Crippen molar-refractivity contribution in [2.45, 2.75) is 20.0 Å². The van der Waals surface area contributed by atoms with E-state index in [0.29, 0.717) is 0 Å². The number of aromatic nitrogens is 1. The summed E-state index contributed by atoms with van der Waals surface area (Å²) in [6, 6.07) is 9.85. The van der Waals surface area contributed by atoms with Gasteiger partial charge in [0, 0.05) is 18.0 Å². The van der Waals surface area contributed by atoms with Gasteiger partial charge in [0.2, 0.25) is 0 Å². The smallest absolute Gasteiger partial charge is 0.106 e. The van der Waals surface area contributed by atoms with Crippen LogP contribution in [0.5, 0.6) is 0 Å². The number of hydrogen-bond donors (Lipinski definition) is 1. The van der Waals surface area contributed by atoms with Gasteiger partial charge in [0.25, 0.3) is 0 Å². The molecule has 2 heteroatoms. The van der Waals surface area contributed by atoms with Crippen molar-refractivity contribution in [2.75, 3.05) is 0 Å². The molecule has 0 saturated carbocycles. The van der Waals surface area contributed by atoms with Gasteiger partial charge in [-0.3, -0.25) is 4.98 Å². The number of benzene rings is 1. The normalized spacial score (nSPS) is 12.4. The first-order valence-electron chi connectivity index (χ1n) is 5.33. The number of aryl methyl sites for hydroxylation is 2. The summed E-state index contributed by atoms with van der Waals surface area (Å²) >= 11 is 0. The molecule has 0 fully saturated rings. The molecule has 1 aromatic carbocycles. The average Bonchev–Trinajstić information content (AvgIpc) is 2.29. The van der Waals surface area contributed by atoms with E-state index in [4.69, 9.17) is 0 Å². The first-order valence-corrected chi connectivity index (χ1v) is 5.33. The van der Waals surface area contributed by atoms with Gasteiger partial charge in [0.15, 0.2) is 0 Å². The van der Waals surface area contributed by atoms with E-state index in [-0.39, 0.29) is 0 Å². The Morgan fingerprint density at radius 3 is 2.25 bits per heavy atom. The van der Waals surface area contributed by atoms with E-state index in [1.165, 1.54) is 5.56 Å². The lowest BCUT2D eigenvalue weighted by Crippen LogP contribution is -2.00. The highest BCUT2D eigenvalue weighted by molar-refractivity contribution is 5.31. The molecule has 1 atom stereocenters. The SMILES string of the molecule is Cc1ccc(C(O)c2cncc(C)c2)cc1. The third-order valence-electron chi connectivity index (χ3n) is 2.60. The molecule has 1 N–H and O–H groups in total. The predicted octanol–water partition coefficient (Wildman–Crippen LogP) is 2.78. The zero-order valence-electron chi connectivity index (χ0n) is 9.51. The topological polar surface area (TPSA) is 33.1 Å². The molecule has 16 heavy (non-hydrogen) atoms. The molecule has 0 amide bonds. The van der Waals surface area contributed by atoms with Crippen LogP contribution in [0.1, 0.15) is 28.4 Å². The van der Waals surface area contributed by atoms with Gasteiger partial charge in [-0.05, 0) is 25.0 Å². The average molecular weight is 213 g/mol. The minimum absolute atomic E-state index is 0.590. The molecule has 0 radical (unpaired) electrons. The predicted molar refractivity (Wildman–Crippen MR) is 64.2 cm³/mol. The molecule has 0 bridgehead atoms. The van der Waals surface area contributed by atoms with Crippen LogP contribution in [0.3, 0.4) is 0 Å². The summed E-state index contributed by atoms with van der Waals surface area (Å²) in [5.41, 5.74) is 3.99. The van der Waals surface area contributed by atoms with E-state index >= 15 is 0 Å². The summed E-state index contributed by atoms with van der Waals surface area (Å²) in [5.74, 6) is 0. The number of pyridine rings is 1. The quantitative estimate of drug-likeness (QED) is 0.832. The molecule has 2 rings (SSSR count). The fourth-order valence-corrected chi connectivity index (χ4v) is 1.67. The van der Waals surface area contributed by atoms with Crippen molar-refractivity contribution in [3.8, 4) is 0 Å². The van der Waals surface area contributed by atoms with Crippen LogP contribution in [0.15, 0.2) is 42.7 Å². The van der Waals surface area contributed by atoms with E-state index in [1.807, 2.05) is 44.2 Å².